The average Bonchev–Trinajstić information content (AvgIpc) is 1.25. The summed E-state index contributed by atoms with van der Waals surface area (Å²) in [5, 5.41) is 86.8. The van der Waals surface area contributed by atoms with Crippen molar-refractivity contribution >= 4 is 112 Å². The molecule has 0 spiro atoms. The number of hydrogen-bond donors (Lipinski definition) is 21. The Morgan fingerprint density at radius 1 is 0.504 bits per heavy atom. The van der Waals surface area contributed by atoms with E-state index in [1.165, 1.54) is 57.6 Å². The van der Waals surface area contributed by atoms with E-state index in [4.69, 9.17) is 11.5 Å². The Morgan fingerprint density at radius 2 is 1.02 bits per heavy atom. The number of phenolic OH excluding ortho intramolecular Hbond substituents is 1. The van der Waals surface area contributed by atoms with Crippen molar-refractivity contribution in [2.45, 2.75) is 249 Å². The van der Waals surface area contributed by atoms with E-state index in [0.29, 0.717) is 43.2 Å². The number of aryl methyl sites for hydroxylation is 1. The van der Waals surface area contributed by atoms with Crippen LogP contribution in [0.1, 0.15) is 167 Å². The quantitative estimate of drug-likeness (QED) is 0.0272. The number of aromatic amines is 1. The number of primary amides is 2. The molecule has 1 unspecified atom stereocenters. The van der Waals surface area contributed by atoms with Crippen molar-refractivity contribution in [3.05, 3.63) is 144 Å². The van der Waals surface area contributed by atoms with Gasteiger partial charge in [0.15, 0.2) is 5.78 Å². The fraction of sp³-hybridized carbons (Fsp3) is 0.506. The molecule has 0 radical (unpaired) electrons. The van der Waals surface area contributed by atoms with Gasteiger partial charge in [0.05, 0.1) is 54.7 Å². The number of phenols is 1. The third-order valence-corrected chi connectivity index (χ3v) is 22.3. The standard InChI is InChI=1S/C89H123N17O22S/c1-7-8-11-25-62-81(120)101-68(41-55-30-34-60(107)35-31-55)86(125)100-65(44-59-46-92-49-94-59)71(108)42-58(43-74(112)113)79(118)97-64(36-37-73(110)111)83(122)106-76(51(4)5)88(127)104-66(39-50(2)3)84(123)102-67(40-54-28-32-57(33-29-54)56-23-14-10-15-24-56)85(124)99-63(26-17-16-22-53-20-12-9-13-21-53)82(121)103-69(45-75(114)115)87(126)105-70(77(90)116)47-129-48-72(109)95-52(6)78(117)96-61(80(119)98-62)27-18-19-38-93-89(91)128/h9-10,12-15,20-21,23-24,28-35,46,49-52,58,61-70,76,80,98,107,119H,7-8,11,16-19,22,25-27,36-45,47-48H2,1-6H3,(H2,90,116)(H,92,94)(H,95,109)(H,96,117)(H,97,118)(H,99,124)(H,100,125)(H,101,120)(H,102,123)(H,103,121)(H,104,127)(H,105,126)(H,106,122)(H,110,111)(H,112,113)(H,114,115)(H3,91,93,128)/t52-,58-,61-,62-,63-,64-,65-,66-,67-,68-,69-,70-,76-,80?/m0/s1. The van der Waals surface area contributed by atoms with Gasteiger partial charge in [-0.1, -0.05) is 157 Å². The second kappa shape index (κ2) is 54.4. The van der Waals surface area contributed by atoms with E-state index in [9.17, 15) is 87.9 Å². The summed E-state index contributed by atoms with van der Waals surface area (Å²) in [4.78, 5) is 247. The molecule has 40 heteroatoms. The molecule has 4 aromatic carbocycles. The molecular formula is C89H123N17O22S. The van der Waals surface area contributed by atoms with Gasteiger partial charge in [0.1, 0.15) is 66.4 Å². The Balaban J connectivity index is 1.45. The highest BCUT2D eigenvalue weighted by Crippen LogP contribution is 2.23. The highest BCUT2D eigenvalue weighted by atomic mass is 32.2. The fourth-order valence-corrected chi connectivity index (χ4v) is 15.1. The van der Waals surface area contributed by atoms with Crippen LogP contribution in [-0.2, 0) is 102 Å². The number of aliphatic hydroxyl groups is 1. The molecule has 0 bridgehead atoms. The van der Waals surface area contributed by atoms with Gasteiger partial charge in [-0.3, -0.25) is 82.0 Å². The number of carboxylic acid groups (broad SMARTS) is 3. The van der Waals surface area contributed by atoms with Crippen LogP contribution in [0.4, 0.5) is 4.79 Å². The number of H-pyrrole nitrogens is 1. The molecule has 39 nitrogen and oxygen atoms in total. The summed E-state index contributed by atoms with van der Waals surface area (Å²) in [5.41, 5.74) is 14.6. The number of carbonyl (C=O) groups excluding carboxylic acids is 14. The number of Topliss-reactive ketones (excluding diaryl/α,β-unsaturated/α-hetero) is 1. The normalized spacial score (nSPS) is 23.3. The maximum atomic E-state index is 15.3. The van der Waals surface area contributed by atoms with Gasteiger partial charge in [-0.15, -0.1) is 11.8 Å². The number of nitrogens with two attached hydrogens (primary N) is 2. The maximum absolute atomic E-state index is 15.3. The predicted molar refractivity (Wildman–Crippen MR) is 474 cm³/mol. The van der Waals surface area contributed by atoms with Crippen molar-refractivity contribution in [1.29, 1.82) is 0 Å². The number of urea groups is 1. The van der Waals surface area contributed by atoms with E-state index < -0.39 is 247 Å². The van der Waals surface area contributed by atoms with E-state index in [2.05, 4.69) is 79.1 Å². The van der Waals surface area contributed by atoms with Crippen LogP contribution in [0.15, 0.2) is 122 Å². The molecule has 1 aromatic heterocycles. The van der Waals surface area contributed by atoms with E-state index in [1.54, 1.807) is 38.1 Å². The lowest BCUT2D eigenvalue weighted by Gasteiger charge is -2.31. The Morgan fingerprint density at radius 3 is 1.60 bits per heavy atom. The van der Waals surface area contributed by atoms with Gasteiger partial charge in [-0.2, -0.15) is 0 Å². The van der Waals surface area contributed by atoms with E-state index >= 15 is 19.2 Å². The van der Waals surface area contributed by atoms with Gasteiger partial charge in [0.25, 0.3) is 0 Å². The highest BCUT2D eigenvalue weighted by molar-refractivity contribution is 8.00. The molecule has 702 valence electrons. The Bertz CT molecular complexity index is 4570. The van der Waals surface area contributed by atoms with Crippen molar-refractivity contribution in [2.24, 2.45) is 29.2 Å². The zero-order valence-corrected chi connectivity index (χ0v) is 74.1. The second-order valence-electron chi connectivity index (χ2n) is 32.7. The molecule has 1 aliphatic heterocycles. The summed E-state index contributed by atoms with van der Waals surface area (Å²) in [6.45, 7) is 9.70. The van der Waals surface area contributed by atoms with Crippen LogP contribution in [0, 0.1) is 17.8 Å². The summed E-state index contributed by atoms with van der Waals surface area (Å²) in [6.07, 6.45) is -2.14. The fourth-order valence-electron chi connectivity index (χ4n) is 14.2. The van der Waals surface area contributed by atoms with Crippen LogP contribution >= 0.6 is 11.8 Å². The van der Waals surface area contributed by atoms with Crippen LogP contribution in [0.2, 0.25) is 0 Å². The van der Waals surface area contributed by atoms with Crippen LogP contribution in [0.5, 0.6) is 5.75 Å². The number of carboxylic acids is 3. The molecule has 0 saturated carbocycles. The van der Waals surface area contributed by atoms with E-state index in [0.717, 1.165) is 28.5 Å². The van der Waals surface area contributed by atoms with Crippen LogP contribution in [-0.4, -0.2) is 233 Å². The molecule has 129 heavy (non-hydrogen) atoms. The zero-order chi connectivity index (χ0) is 94.8. The summed E-state index contributed by atoms with van der Waals surface area (Å²) in [6, 6.07) is 10.9. The Hall–Kier alpha value is -12.9. The second-order valence-corrected chi connectivity index (χ2v) is 33.8. The molecule has 1 saturated heterocycles. The van der Waals surface area contributed by atoms with Crippen molar-refractivity contribution < 1.29 is 107 Å². The molecule has 23 N–H and O–H groups in total. The van der Waals surface area contributed by atoms with E-state index in [1.807, 2.05) is 67.6 Å². The SMILES string of the molecule is CCCCC[C@@H]1NC(O)[C@H](CCCCNC(N)=O)NC(=O)[C@H](C)NC(=O)CSC[C@@H](C(N)=O)NC(=O)[C@H](CC(=O)O)NC(=O)[C@H](CCCCc2ccccc2)NC(=O)[C@H](Cc2ccc(-c3ccccc3)cc2)NC(=O)[C@H](CC(C)C)NC(=O)[C@H](C(C)C)NC(=O)[C@H](CCC(=O)O)NC(=O)[C@H](CC(=O)O)CC(=O)[C@H](Cc2c[nH]cn2)NC(=O)[C@H](Cc2ccc(O)cc2)NC1=O. The van der Waals surface area contributed by atoms with Gasteiger partial charge < -0.3 is 106 Å². The molecule has 5 aromatic rings. The Labute approximate surface area is 751 Å². The number of thioether (sulfide) groups is 1. The van der Waals surface area contributed by atoms with Crippen LogP contribution in [0.25, 0.3) is 11.1 Å². The number of ketones is 1. The zero-order valence-electron chi connectivity index (χ0n) is 73.2. The summed E-state index contributed by atoms with van der Waals surface area (Å²) >= 11 is 0.743. The minimum absolute atomic E-state index is 0.0122. The number of aromatic nitrogens is 2. The third-order valence-electron chi connectivity index (χ3n) is 21.3. The molecule has 0 aliphatic carbocycles. The van der Waals surface area contributed by atoms with Crippen molar-refractivity contribution in [3.8, 4) is 16.9 Å². The highest BCUT2D eigenvalue weighted by Gasteiger charge is 2.40. The lowest BCUT2D eigenvalue weighted by Crippen LogP contribution is -2.61. The number of carbonyl (C=O) groups is 17. The average molecular weight is 1820 g/mol. The monoisotopic (exact) mass is 1810 g/mol. The minimum atomic E-state index is -1.97. The predicted octanol–water partition coefficient (Wildman–Crippen LogP) is 1.60. The number of benzene rings is 4. The molecule has 1 aliphatic rings. The van der Waals surface area contributed by atoms with Crippen molar-refractivity contribution in [2.75, 3.05) is 18.1 Å². The number of nitrogens with one attached hydrogen (secondary N) is 14. The number of aromatic hydroxyl groups is 1. The molecule has 6 rings (SSSR count). The lowest BCUT2D eigenvalue weighted by atomic mass is 9.92. The van der Waals surface area contributed by atoms with Gasteiger partial charge in [-0.05, 0) is 116 Å². The van der Waals surface area contributed by atoms with Crippen molar-refractivity contribution in [3.63, 3.8) is 0 Å². The number of rotatable bonds is 32. The van der Waals surface area contributed by atoms with Gasteiger partial charge in [0, 0.05) is 50.6 Å². The largest absolute Gasteiger partial charge is 0.508 e. The number of amides is 14. The van der Waals surface area contributed by atoms with Gasteiger partial charge in [0.2, 0.25) is 70.9 Å². The first-order valence-corrected chi connectivity index (χ1v) is 44.3. The van der Waals surface area contributed by atoms with E-state index in [-0.39, 0.29) is 75.8 Å². The summed E-state index contributed by atoms with van der Waals surface area (Å²) in [5.74, 6) is -22.4. The molecule has 1 fully saturated rings. The number of aliphatic hydroxyl groups excluding tert-OH is 1. The maximum Gasteiger partial charge on any atom is 0.312 e. The summed E-state index contributed by atoms with van der Waals surface area (Å²) < 4.78 is 0. The number of unbranched alkanes of at least 4 members (excludes halogenated alkanes) is 4. The first-order chi connectivity index (χ1) is 61.4. The first kappa shape index (κ1) is 105. The number of imidazole rings is 1. The topological polar surface area (TPSA) is 628 Å². The number of nitrogens with zero attached hydrogens (tertiary/aromatic N) is 1. The van der Waals surface area contributed by atoms with Crippen LogP contribution < -0.4 is 80.6 Å². The molecular weight excluding hydrogens is 1690 g/mol. The third kappa shape index (κ3) is 37.9. The number of hydrogen-bond acceptors (Lipinski definition) is 22. The first-order valence-electron chi connectivity index (χ1n) is 43.2. The smallest absolute Gasteiger partial charge is 0.312 e. The molecule has 14 amide bonds. The molecule has 2 heterocycles. The van der Waals surface area contributed by atoms with Crippen LogP contribution in [0.3, 0.4) is 0 Å². The minimum Gasteiger partial charge on any atom is -0.508 e. The lowest BCUT2D eigenvalue weighted by molar-refractivity contribution is -0.143. The van der Waals surface area contributed by atoms with Crippen molar-refractivity contribution in [1.82, 2.24) is 79.1 Å². The number of aliphatic carboxylic acids is 3. The van der Waals surface area contributed by atoms with Gasteiger partial charge >= 0.3 is 23.9 Å². The summed E-state index contributed by atoms with van der Waals surface area (Å²) in [7, 11) is 0. The molecule has 14 atom stereocenters. The Kier molecular flexibility index (Phi) is 44.2. The van der Waals surface area contributed by atoms with Gasteiger partial charge in [-0.25, -0.2) is 9.78 Å².